The molecular weight excluding hydrogens is 166 g/mol. The Balaban J connectivity index is 2.31. The third-order valence-corrected chi connectivity index (χ3v) is 2.25. The number of rotatable bonds is 1. The molecule has 0 aromatic rings. The third kappa shape index (κ3) is 2.53. The van der Waals surface area contributed by atoms with Crippen LogP contribution >= 0.6 is 24.0 Å². The van der Waals surface area contributed by atoms with E-state index in [-0.39, 0.29) is 5.11 Å². The second kappa shape index (κ2) is 3.78. The zero-order valence-corrected chi connectivity index (χ0v) is 7.10. The predicted molar refractivity (Wildman–Crippen MR) is 49.3 cm³/mol. The van der Waals surface area contributed by atoms with Gasteiger partial charge in [0.2, 0.25) is 0 Å². The molecule has 0 bridgehead atoms. The first-order chi connectivity index (χ1) is 4.79. The lowest BCUT2D eigenvalue weighted by Gasteiger charge is -1.95. The molecule has 1 aliphatic rings. The van der Waals surface area contributed by atoms with Gasteiger partial charge in [0.1, 0.15) is 0 Å². The molecule has 1 fully saturated rings. The molecule has 3 N–H and O–H groups in total. The molecular formula is C5H9N3S2. The summed E-state index contributed by atoms with van der Waals surface area (Å²) in [7, 11) is 0. The van der Waals surface area contributed by atoms with E-state index in [1.807, 2.05) is 11.8 Å². The standard InChI is InChI=1S/C5H9N3S2/c6-5(9)8-7-4-1-2-10-3-4/h1-3H2,(H3,6,8,9). The smallest absolute Gasteiger partial charge is 0.184 e. The molecule has 0 saturated carbocycles. The Kier molecular flexibility index (Phi) is 2.95. The first-order valence-corrected chi connectivity index (χ1v) is 4.54. The average molecular weight is 175 g/mol. The van der Waals surface area contributed by atoms with Crippen molar-refractivity contribution in [1.29, 1.82) is 0 Å². The molecule has 1 aliphatic heterocycles. The van der Waals surface area contributed by atoms with Crippen LogP contribution < -0.4 is 11.2 Å². The number of hydrazone groups is 1. The Morgan fingerprint density at radius 2 is 2.60 bits per heavy atom. The van der Waals surface area contributed by atoms with Crippen LogP contribution in [-0.4, -0.2) is 22.3 Å². The summed E-state index contributed by atoms with van der Waals surface area (Å²) in [6, 6.07) is 0. The van der Waals surface area contributed by atoms with Gasteiger partial charge in [0, 0.05) is 11.5 Å². The highest BCUT2D eigenvalue weighted by atomic mass is 32.2. The average Bonchev–Trinajstić information content (AvgIpc) is 2.34. The van der Waals surface area contributed by atoms with Crippen molar-refractivity contribution in [3.8, 4) is 0 Å². The van der Waals surface area contributed by atoms with Crippen LogP contribution in [0.25, 0.3) is 0 Å². The van der Waals surface area contributed by atoms with Gasteiger partial charge in [-0.1, -0.05) is 0 Å². The lowest BCUT2D eigenvalue weighted by atomic mass is 10.3. The van der Waals surface area contributed by atoms with Crippen molar-refractivity contribution >= 4 is 34.8 Å². The summed E-state index contributed by atoms with van der Waals surface area (Å²) in [5.74, 6) is 2.17. The highest BCUT2D eigenvalue weighted by molar-refractivity contribution is 8.00. The normalized spacial score (nSPS) is 21.4. The molecule has 0 amide bonds. The summed E-state index contributed by atoms with van der Waals surface area (Å²) in [5.41, 5.74) is 8.90. The van der Waals surface area contributed by atoms with Gasteiger partial charge in [0.05, 0.1) is 0 Å². The van der Waals surface area contributed by atoms with Crippen LogP contribution in [0.1, 0.15) is 6.42 Å². The summed E-state index contributed by atoms with van der Waals surface area (Å²) in [6.45, 7) is 0. The molecule has 0 unspecified atom stereocenters. The maximum Gasteiger partial charge on any atom is 0.184 e. The Labute approximate surface area is 69.4 Å². The molecule has 0 aromatic heterocycles. The van der Waals surface area contributed by atoms with Gasteiger partial charge in [-0.2, -0.15) is 16.9 Å². The summed E-state index contributed by atoms with van der Waals surface area (Å²) >= 11 is 6.46. The number of thioether (sulfide) groups is 1. The van der Waals surface area contributed by atoms with Gasteiger partial charge in [-0.3, -0.25) is 5.43 Å². The Morgan fingerprint density at radius 3 is 3.10 bits per heavy atom. The zero-order valence-electron chi connectivity index (χ0n) is 5.46. The molecule has 1 rings (SSSR count). The molecule has 56 valence electrons. The van der Waals surface area contributed by atoms with E-state index in [4.69, 9.17) is 5.73 Å². The Hall–Kier alpha value is -0.290. The van der Waals surface area contributed by atoms with Gasteiger partial charge in [-0.15, -0.1) is 0 Å². The van der Waals surface area contributed by atoms with Gasteiger partial charge in [0.15, 0.2) is 5.11 Å². The topological polar surface area (TPSA) is 50.4 Å². The van der Waals surface area contributed by atoms with Gasteiger partial charge < -0.3 is 5.73 Å². The van der Waals surface area contributed by atoms with Crippen molar-refractivity contribution < 1.29 is 0 Å². The van der Waals surface area contributed by atoms with Crippen molar-refractivity contribution in [3.63, 3.8) is 0 Å². The minimum absolute atomic E-state index is 0.240. The van der Waals surface area contributed by atoms with Crippen LogP contribution in [0.2, 0.25) is 0 Å². The molecule has 0 aromatic carbocycles. The minimum atomic E-state index is 0.240. The van der Waals surface area contributed by atoms with Crippen LogP contribution in [0.15, 0.2) is 5.10 Å². The minimum Gasteiger partial charge on any atom is -0.375 e. The highest BCUT2D eigenvalue weighted by Gasteiger charge is 2.07. The second-order valence-corrected chi connectivity index (χ2v) is 3.50. The summed E-state index contributed by atoms with van der Waals surface area (Å²) < 4.78 is 0. The van der Waals surface area contributed by atoms with Crippen LogP contribution in [0, 0.1) is 0 Å². The lowest BCUT2D eigenvalue weighted by Crippen LogP contribution is -2.25. The molecule has 3 nitrogen and oxygen atoms in total. The number of nitrogens with two attached hydrogens (primary N) is 1. The van der Waals surface area contributed by atoms with Crippen molar-refractivity contribution in [2.24, 2.45) is 10.8 Å². The monoisotopic (exact) mass is 175 g/mol. The Bertz CT molecular complexity index is 158. The van der Waals surface area contributed by atoms with Gasteiger partial charge in [-0.25, -0.2) is 0 Å². The van der Waals surface area contributed by atoms with Crippen molar-refractivity contribution in [1.82, 2.24) is 5.43 Å². The Morgan fingerprint density at radius 1 is 1.80 bits per heavy atom. The fourth-order valence-corrected chi connectivity index (χ4v) is 1.69. The molecule has 5 heteroatoms. The molecule has 10 heavy (non-hydrogen) atoms. The van der Waals surface area contributed by atoms with Crippen molar-refractivity contribution in [2.45, 2.75) is 6.42 Å². The fourth-order valence-electron chi connectivity index (χ4n) is 0.674. The quantitative estimate of drug-likeness (QED) is 0.445. The molecule has 0 spiro atoms. The maximum absolute atomic E-state index is 5.18. The van der Waals surface area contributed by atoms with Crippen LogP contribution in [0.4, 0.5) is 0 Å². The second-order valence-electron chi connectivity index (χ2n) is 1.96. The predicted octanol–water partition coefficient (Wildman–Crippen LogP) is 0.313. The van der Waals surface area contributed by atoms with E-state index in [1.54, 1.807) is 0 Å². The largest absolute Gasteiger partial charge is 0.375 e. The number of hydrogen-bond acceptors (Lipinski definition) is 3. The van der Waals surface area contributed by atoms with Crippen LogP contribution in [-0.2, 0) is 0 Å². The third-order valence-electron chi connectivity index (χ3n) is 1.13. The summed E-state index contributed by atoms with van der Waals surface area (Å²) in [4.78, 5) is 0. The number of hydrogen-bond donors (Lipinski definition) is 2. The van der Waals surface area contributed by atoms with E-state index in [0.717, 1.165) is 23.6 Å². The highest BCUT2D eigenvalue weighted by Crippen LogP contribution is 2.13. The molecule has 1 saturated heterocycles. The zero-order chi connectivity index (χ0) is 7.40. The van der Waals surface area contributed by atoms with Gasteiger partial charge in [-0.05, 0) is 24.4 Å². The number of nitrogens with one attached hydrogen (secondary N) is 1. The molecule has 0 radical (unpaired) electrons. The SMILES string of the molecule is NC(=S)NN=C1CCSC1. The van der Waals surface area contributed by atoms with E-state index in [9.17, 15) is 0 Å². The van der Waals surface area contributed by atoms with Crippen LogP contribution in [0.5, 0.6) is 0 Å². The first kappa shape index (κ1) is 7.81. The van der Waals surface area contributed by atoms with E-state index in [2.05, 4.69) is 22.7 Å². The van der Waals surface area contributed by atoms with Crippen molar-refractivity contribution in [2.75, 3.05) is 11.5 Å². The van der Waals surface area contributed by atoms with E-state index in [1.165, 1.54) is 0 Å². The van der Waals surface area contributed by atoms with E-state index in [0.29, 0.717) is 0 Å². The summed E-state index contributed by atoms with van der Waals surface area (Å²) in [5, 5.41) is 4.24. The lowest BCUT2D eigenvalue weighted by molar-refractivity contribution is 1.02. The molecule has 0 aliphatic carbocycles. The van der Waals surface area contributed by atoms with E-state index >= 15 is 0 Å². The number of thiocarbonyl (C=S) groups is 1. The first-order valence-electron chi connectivity index (χ1n) is 2.97. The fraction of sp³-hybridized carbons (Fsp3) is 0.600. The summed E-state index contributed by atoms with van der Waals surface area (Å²) in [6.07, 6.45) is 1.06. The molecule has 0 atom stereocenters. The maximum atomic E-state index is 5.18. The van der Waals surface area contributed by atoms with Crippen molar-refractivity contribution in [3.05, 3.63) is 0 Å². The van der Waals surface area contributed by atoms with Gasteiger partial charge >= 0.3 is 0 Å². The van der Waals surface area contributed by atoms with E-state index < -0.39 is 0 Å². The molecule has 1 heterocycles. The van der Waals surface area contributed by atoms with Crippen LogP contribution in [0.3, 0.4) is 0 Å². The number of nitrogens with zero attached hydrogens (tertiary/aromatic N) is 1. The van der Waals surface area contributed by atoms with Gasteiger partial charge in [0.25, 0.3) is 0 Å².